The van der Waals surface area contributed by atoms with Crippen LogP contribution in [0.4, 0.5) is 0 Å². The summed E-state index contributed by atoms with van der Waals surface area (Å²) in [4.78, 5) is 2.32. The molecule has 0 aromatic heterocycles. The third-order valence-electron chi connectivity index (χ3n) is 2.56. The van der Waals surface area contributed by atoms with Crippen molar-refractivity contribution in [3.63, 3.8) is 0 Å². The number of ether oxygens (including phenoxy) is 1. The van der Waals surface area contributed by atoms with Crippen LogP contribution in [0, 0.1) is 0 Å². The Kier molecular flexibility index (Phi) is 5.19. The molecule has 15 heavy (non-hydrogen) atoms. The van der Waals surface area contributed by atoms with Gasteiger partial charge >= 0.3 is 0 Å². The zero-order chi connectivity index (χ0) is 11.1. The van der Waals surface area contributed by atoms with Crippen molar-refractivity contribution in [1.82, 2.24) is 4.90 Å². The minimum atomic E-state index is 0.463. The molecule has 0 heterocycles. The van der Waals surface area contributed by atoms with Gasteiger partial charge in [-0.3, -0.25) is 0 Å². The summed E-state index contributed by atoms with van der Waals surface area (Å²) in [5.74, 6) is 0.953. The number of nitrogens with zero attached hydrogens (tertiary/aromatic N) is 1. The van der Waals surface area contributed by atoms with Crippen LogP contribution < -0.4 is 4.74 Å². The molecular weight excluding hydrogens is 186 g/mol. The maximum atomic E-state index is 5.69. The summed E-state index contributed by atoms with van der Waals surface area (Å²) in [7, 11) is 2.14. The molecule has 0 spiro atoms. The second-order valence-corrected chi connectivity index (χ2v) is 3.95. The van der Waals surface area contributed by atoms with Crippen molar-refractivity contribution in [2.24, 2.45) is 0 Å². The van der Waals surface area contributed by atoms with E-state index in [9.17, 15) is 0 Å². The first-order chi connectivity index (χ1) is 7.24. The summed E-state index contributed by atoms with van der Waals surface area (Å²) in [6.45, 7) is 6.26. The van der Waals surface area contributed by atoms with E-state index in [0.29, 0.717) is 6.04 Å². The lowest BCUT2D eigenvalue weighted by atomic mass is 10.3. The highest BCUT2D eigenvalue weighted by Gasteiger charge is 2.08. The molecule has 0 bridgehead atoms. The molecule has 0 fully saturated rings. The number of para-hydroxylation sites is 1. The molecule has 1 aromatic rings. The van der Waals surface area contributed by atoms with E-state index in [4.69, 9.17) is 4.74 Å². The molecule has 0 aliphatic carbocycles. The van der Waals surface area contributed by atoms with Crippen molar-refractivity contribution in [2.45, 2.75) is 26.3 Å². The van der Waals surface area contributed by atoms with E-state index >= 15 is 0 Å². The van der Waals surface area contributed by atoms with Gasteiger partial charge in [0.25, 0.3) is 0 Å². The monoisotopic (exact) mass is 207 g/mol. The lowest BCUT2D eigenvalue weighted by molar-refractivity contribution is 0.173. The van der Waals surface area contributed by atoms with Crippen LogP contribution >= 0.6 is 0 Å². The molecule has 0 unspecified atom stereocenters. The van der Waals surface area contributed by atoms with E-state index in [-0.39, 0.29) is 0 Å². The number of rotatable bonds is 6. The zero-order valence-electron chi connectivity index (χ0n) is 9.94. The van der Waals surface area contributed by atoms with Crippen molar-refractivity contribution in [3.8, 4) is 5.75 Å². The second kappa shape index (κ2) is 6.46. The molecule has 0 radical (unpaired) electrons. The van der Waals surface area contributed by atoms with Gasteiger partial charge in [0.05, 0.1) is 0 Å². The summed E-state index contributed by atoms with van der Waals surface area (Å²) in [5, 5.41) is 0. The van der Waals surface area contributed by atoms with Gasteiger partial charge in [-0.05, 0) is 39.1 Å². The summed E-state index contributed by atoms with van der Waals surface area (Å²) in [5.41, 5.74) is 0. The maximum absolute atomic E-state index is 5.69. The predicted molar refractivity (Wildman–Crippen MR) is 64.3 cm³/mol. The van der Waals surface area contributed by atoms with E-state index in [1.165, 1.54) is 6.42 Å². The molecule has 0 amide bonds. The van der Waals surface area contributed by atoms with Crippen LogP contribution in [0.1, 0.15) is 20.3 Å². The van der Waals surface area contributed by atoms with Crippen LogP contribution in [-0.2, 0) is 0 Å². The van der Waals surface area contributed by atoms with Gasteiger partial charge < -0.3 is 9.64 Å². The first-order valence-corrected chi connectivity index (χ1v) is 5.62. The topological polar surface area (TPSA) is 12.5 Å². The molecular formula is C13H21NO. The van der Waals surface area contributed by atoms with Gasteiger partial charge in [-0.2, -0.15) is 0 Å². The average Bonchev–Trinajstić information content (AvgIpc) is 2.27. The van der Waals surface area contributed by atoms with Crippen LogP contribution in [0.25, 0.3) is 0 Å². The highest BCUT2D eigenvalue weighted by atomic mass is 16.5. The quantitative estimate of drug-likeness (QED) is 0.711. The largest absolute Gasteiger partial charge is 0.492 e. The van der Waals surface area contributed by atoms with Gasteiger partial charge in [-0.15, -0.1) is 0 Å². The van der Waals surface area contributed by atoms with Gasteiger partial charge in [-0.1, -0.05) is 25.1 Å². The lowest BCUT2D eigenvalue weighted by Crippen LogP contribution is -2.34. The standard InChI is InChI=1S/C13H21NO/c1-4-10-14(3)12(2)11-15-13-8-6-5-7-9-13/h5-9,12H,4,10-11H2,1-3H3/t12-/m0/s1. The Morgan fingerprint density at radius 2 is 1.93 bits per heavy atom. The summed E-state index contributed by atoms with van der Waals surface area (Å²) in [6.07, 6.45) is 1.19. The molecule has 84 valence electrons. The molecule has 2 nitrogen and oxygen atoms in total. The zero-order valence-corrected chi connectivity index (χ0v) is 9.94. The van der Waals surface area contributed by atoms with Crippen LogP contribution in [0.5, 0.6) is 5.75 Å². The summed E-state index contributed by atoms with van der Waals surface area (Å²) < 4.78 is 5.69. The van der Waals surface area contributed by atoms with Gasteiger partial charge in [0.1, 0.15) is 12.4 Å². The van der Waals surface area contributed by atoms with E-state index < -0.39 is 0 Å². The van der Waals surface area contributed by atoms with Crippen LogP contribution in [-0.4, -0.2) is 31.1 Å². The Labute approximate surface area is 92.9 Å². The molecule has 1 atom stereocenters. The fourth-order valence-electron chi connectivity index (χ4n) is 1.43. The first kappa shape index (κ1) is 12.1. The molecule has 0 aliphatic heterocycles. The number of hydrogen-bond donors (Lipinski definition) is 0. The Hall–Kier alpha value is -1.02. The van der Waals surface area contributed by atoms with Crippen molar-refractivity contribution in [3.05, 3.63) is 30.3 Å². The fourth-order valence-corrected chi connectivity index (χ4v) is 1.43. The number of benzene rings is 1. The van der Waals surface area contributed by atoms with Crippen molar-refractivity contribution in [2.75, 3.05) is 20.2 Å². The van der Waals surface area contributed by atoms with E-state index in [0.717, 1.165) is 18.9 Å². The Morgan fingerprint density at radius 1 is 1.27 bits per heavy atom. The highest BCUT2D eigenvalue weighted by molar-refractivity contribution is 5.20. The normalized spacial score (nSPS) is 12.8. The number of likely N-dealkylation sites (N-methyl/N-ethyl adjacent to an activating group) is 1. The minimum Gasteiger partial charge on any atom is -0.492 e. The molecule has 0 aliphatic rings. The fraction of sp³-hybridized carbons (Fsp3) is 0.538. The Bertz CT molecular complexity index is 260. The SMILES string of the molecule is CCCN(C)[C@@H](C)COc1ccccc1. The molecule has 0 saturated heterocycles. The average molecular weight is 207 g/mol. The molecule has 1 rings (SSSR count). The van der Waals surface area contributed by atoms with Crippen molar-refractivity contribution >= 4 is 0 Å². The molecule has 0 N–H and O–H groups in total. The third kappa shape index (κ3) is 4.34. The first-order valence-electron chi connectivity index (χ1n) is 5.62. The van der Waals surface area contributed by atoms with Gasteiger partial charge in [0.15, 0.2) is 0 Å². The molecule has 0 saturated carbocycles. The van der Waals surface area contributed by atoms with Gasteiger partial charge in [-0.25, -0.2) is 0 Å². The second-order valence-electron chi connectivity index (χ2n) is 3.95. The van der Waals surface area contributed by atoms with E-state index in [2.05, 4.69) is 25.8 Å². The molecule has 1 aromatic carbocycles. The third-order valence-corrected chi connectivity index (χ3v) is 2.56. The minimum absolute atomic E-state index is 0.463. The summed E-state index contributed by atoms with van der Waals surface area (Å²) in [6, 6.07) is 10.4. The van der Waals surface area contributed by atoms with Crippen LogP contribution in [0.3, 0.4) is 0 Å². The van der Waals surface area contributed by atoms with Crippen molar-refractivity contribution < 1.29 is 4.74 Å². The number of hydrogen-bond acceptors (Lipinski definition) is 2. The van der Waals surface area contributed by atoms with Gasteiger partial charge in [0.2, 0.25) is 0 Å². The lowest BCUT2D eigenvalue weighted by Gasteiger charge is -2.24. The smallest absolute Gasteiger partial charge is 0.119 e. The van der Waals surface area contributed by atoms with E-state index in [1.807, 2.05) is 30.3 Å². The Balaban J connectivity index is 2.31. The predicted octanol–water partition coefficient (Wildman–Crippen LogP) is 2.80. The molecule has 2 heteroatoms. The van der Waals surface area contributed by atoms with Gasteiger partial charge in [0, 0.05) is 6.04 Å². The highest BCUT2D eigenvalue weighted by Crippen LogP contribution is 2.09. The van der Waals surface area contributed by atoms with Crippen molar-refractivity contribution in [1.29, 1.82) is 0 Å². The summed E-state index contributed by atoms with van der Waals surface area (Å²) >= 11 is 0. The van der Waals surface area contributed by atoms with Crippen LogP contribution in [0.15, 0.2) is 30.3 Å². The van der Waals surface area contributed by atoms with Crippen LogP contribution in [0.2, 0.25) is 0 Å². The van der Waals surface area contributed by atoms with E-state index in [1.54, 1.807) is 0 Å². The Morgan fingerprint density at radius 3 is 2.53 bits per heavy atom. The maximum Gasteiger partial charge on any atom is 0.119 e.